The highest BCUT2D eigenvalue weighted by Gasteiger charge is 2.13. The summed E-state index contributed by atoms with van der Waals surface area (Å²) in [5.41, 5.74) is 8.66. The lowest BCUT2D eigenvalue weighted by Crippen LogP contribution is -2.20. The Balaban J connectivity index is 2.30. The van der Waals surface area contributed by atoms with Gasteiger partial charge in [0.15, 0.2) is 0 Å². The van der Waals surface area contributed by atoms with Crippen molar-refractivity contribution in [2.75, 3.05) is 11.9 Å². The Labute approximate surface area is 124 Å². The summed E-state index contributed by atoms with van der Waals surface area (Å²) in [5.74, 6) is -0.271. The summed E-state index contributed by atoms with van der Waals surface area (Å²) in [7, 11) is 1.95. The van der Waals surface area contributed by atoms with Gasteiger partial charge in [-0.3, -0.25) is 0 Å². The smallest absolute Gasteiger partial charge is 0.123 e. The van der Waals surface area contributed by atoms with Gasteiger partial charge in [-0.25, -0.2) is 4.39 Å². The minimum atomic E-state index is -0.271. The van der Waals surface area contributed by atoms with Crippen molar-refractivity contribution >= 4 is 17.3 Å². The lowest BCUT2D eigenvalue weighted by atomic mass is 10.1. The van der Waals surface area contributed by atoms with Crippen LogP contribution >= 0.6 is 11.6 Å². The Kier molecular flexibility index (Phi) is 4.63. The molecule has 0 aliphatic rings. The van der Waals surface area contributed by atoms with Gasteiger partial charge in [-0.2, -0.15) is 0 Å². The zero-order valence-electron chi connectivity index (χ0n) is 11.6. The maximum atomic E-state index is 13.4. The summed E-state index contributed by atoms with van der Waals surface area (Å²) in [5, 5.41) is 0.726. The van der Waals surface area contributed by atoms with Crippen LogP contribution in [0.15, 0.2) is 42.5 Å². The Morgan fingerprint density at radius 1 is 1.25 bits per heavy atom. The second-order valence-corrected chi connectivity index (χ2v) is 5.35. The fourth-order valence-electron chi connectivity index (χ4n) is 2.21. The third-order valence-electron chi connectivity index (χ3n) is 3.26. The van der Waals surface area contributed by atoms with Crippen molar-refractivity contribution in [2.24, 2.45) is 5.73 Å². The third kappa shape index (κ3) is 3.30. The number of rotatable bonds is 4. The van der Waals surface area contributed by atoms with E-state index in [1.54, 1.807) is 6.07 Å². The second kappa shape index (κ2) is 6.25. The number of nitrogens with two attached hydrogens (primary N) is 1. The molecule has 2 N–H and O–H groups in total. The van der Waals surface area contributed by atoms with Crippen LogP contribution in [0.25, 0.3) is 0 Å². The predicted octanol–water partition coefficient (Wildman–Crippen LogP) is 4.14. The molecule has 0 fully saturated rings. The van der Waals surface area contributed by atoms with Crippen LogP contribution < -0.4 is 10.6 Å². The van der Waals surface area contributed by atoms with E-state index in [4.69, 9.17) is 17.3 Å². The molecule has 0 radical (unpaired) electrons. The first-order chi connectivity index (χ1) is 9.49. The van der Waals surface area contributed by atoms with Gasteiger partial charge < -0.3 is 10.6 Å². The van der Waals surface area contributed by atoms with E-state index in [-0.39, 0.29) is 11.9 Å². The van der Waals surface area contributed by atoms with Crippen LogP contribution in [0.1, 0.15) is 24.1 Å². The fourth-order valence-corrected chi connectivity index (χ4v) is 2.40. The van der Waals surface area contributed by atoms with Gasteiger partial charge in [0.05, 0.1) is 0 Å². The van der Waals surface area contributed by atoms with Crippen molar-refractivity contribution < 1.29 is 4.39 Å². The molecule has 106 valence electrons. The van der Waals surface area contributed by atoms with Gasteiger partial charge in [0.25, 0.3) is 0 Å². The minimum Gasteiger partial charge on any atom is -0.370 e. The van der Waals surface area contributed by atoms with Crippen molar-refractivity contribution in [1.82, 2.24) is 0 Å². The molecule has 0 saturated carbocycles. The number of benzene rings is 2. The van der Waals surface area contributed by atoms with E-state index in [1.807, 2.05) is 43.1 Å². The highest BCUT2D eigenvalue weighted by atomic mass is 35.5. The number of halogens is 2. The van der Waals surface area contributed by atoms with Gasteiger partial charge in [-0.05, 0) is 42.3 Å². The normalized spacial score (nSPS) is 12.2. The van der Waals surface area contributed by atoms with E-state index < -0.39 is 0 Å². The summed E-state index contributed by atoms with van der Waals surface area (Å²) >= 11 is 6.17. The number of hydrogen-bond donors (Lipinski definition) is 1. The van der Waals surface area contributed by atoms with Gasteiger partial charge in [0.2, 0.25) is 0 Å². The van der Waals surface area contributed by atoms with Crippen molar-refractivity contribution in [1.29, 1.82) is 0 Å². The predicted molar refractivity (Wildman–Crippen MR) is 82.6 cm³/mol. The summed E-state index contributed by atoms with van der Waals surface area (Å²) in [6, 6.07) is 12.2. The third-order valence-corrected chi connectivity index (χ3v) is 3.63. The molecule has 20 heavy (non-hydrogen) atoms. The molecule has 0 saturated heterocycles. The number of hydrogen-bond acceptors (Lipinski definition) is 2. The van der Waals surface area contributed by atoms with Crippen LogP contribution in [0, 0.1) is 5.82 Å². The molecular formula is C16H18ClFN2. The van der Waals surface area contributed by atoms with Crippen LogP contribution in [0.4, 0.5) is 10.1 Å². The van der Waals surface area contributed by atoms with Crippen molar-refractivity contribution in [3.05, 3.63) is 64.4 Å². The maximum Gasteiger partial charge on any atom is 0.123 e. The molecule has 0 aromatic heterocycles. The molecule has 0 unspecified atom stereocenters. The number of anilines is 1. The van der Waals surface area contributed by atoms with Crippen LogP contribution in [-0.4, -0.2) is 7.05 Å². The molecule has 1 atom stereocenters. The molecule has 0 spiro atoms. The van der Waals surface area contributed by atoms with Gasteiger partial charge in [0.1, 0.15) is 5.82 Å². The molecule has 0 amide bonds. The maximum absolute atomic E-state index is 13.4. The number of nitrogens with zero attached hydrogens (tertiary/aromatic N) is 1. The first-order valence-electron chi connectivity index (χ1n) is 6.48. The van der Waals surface area contributed by atoms with E-state index in [9.17, 15) is 4.39 Å². The van der Waals surface area contributed by atoms with E-state index in [2.05, 4.69) is 0 Å². The minimum absolute atomic E-state index is 0.227. The quantitative estimate of drug-likeness (QED) is 0.918. The molecule has 4 heteroatoms. The van der Waals surface area contributed by atoms with Gasteiger partial charge in [-0.15, -0.1) is 0 Å². The zero-order valence-corrected chi connectivity index (χ0v) is 12.4. The monoisotopic (exact) mass is 292 g/mol. The molecule has 0 aliphatic heterocycles. The van der Waals surface area contributed by atoms with Crippen LogP contribution in [0.2, 0.25) is 5.02 Å². The summed E-state index contributed by atoms with van der Waals surface area (Å²) in [4.78, 5) is 2.03. The SMILES string of the molecule is C[C@@H](N)c1cc(F)ccc1N(C)Cc1ccccc1Cl. The standard InChI is InChI=1S/C16H18ClFN2/c1-11(19)14-9-13(18)7-8-16(14)20(2)10-12-5-3-4-6-15(12)17/h3-9,11H,10,19H2,1-2H3/t11-/m1/s1. The first-order valence-corrected chi connectivity index (χ1v) is 6.86. The van der Waals surface area contributed by atoms with E-state index in [0.29, 0.717) is 6.54 Å². The largest absolute Gasteiger partial charge is 0.370 e. The molecule has 0 heterocycles. The average molecular weight is 293 g/mol. The van der Waals surface area contributed by atoms with Crippen molar-refractivity contribution in [2.45, 2.75) is 19.5 Å². The molecule has 2 aromatic rings. The highest BCUT2D eigenvalue weighted by Crippen LogP contribution is 2.27. The van der Waals surface area contributed by atoms with E-state index in [1.165, 1.54) is 12.1 Å². The second-order valence-electron chi connectivity index (χ2n) is 4.94. The molecule has 2 rings (SSSR count). The fraction of sp³-hybridized carbons (Fsp3) is 0.250. The Morgan fingerprint density at radius 2 is 1.95 bits per heavy atom. The van der Waals surface area contributed by atoms with Crippen molar-refractivity contribution in [3.8, 4) is 0 Å². The van der Waals surface area contributed by atoms with Gasteiger partial charge in [0, 0.05) is 30.3 Å². The Bertz CT molecular complexity index is 599. The average Bonchev–Trinajstić information content (AvgIpc) is 2.41. The van der Waals surface area contributed by atoms with Crippen LogP contribution in [0.3, 0.4) is 0 Å². The zero-order chi connectivity index (χ0) is 14.7. The summed E-state index contributed by atoms with van der Waals surface area (Å²) in [6.45, 7) is 2.49. The molecule has 0 aliphatic carbocycles. The first kappa shape index (κ1) is 14.8. The lowest BCUT2D eigenvalue weighted by molar-refractivity contribution is 0.622. The molecule has 2 nitrogen and oxygen atoms in total. The highest BCUT2D eigenvalue weighted by molar-refractivity contribution is 6.31. The molecule has 2 aromatic carbocycles. The molecule has 0 bridgehead atoms. The summed E-state index contributed by atoms with van der Waals surface area (Å²) in [6.07, 6.45) is 0. The van der Waals surface area contributed by atoms with Crippen LogP contribution in [0.5, 0.6) is 0 Å². The van der Waals surface area contributed by atoms with Gasteiger partial charge >= 0.3 is 0 Å². The Morgan fingerprint density at radius 3 is 2.60 bits per heavy atom. The van der Waals surface area contributed by atoms with Crippen molar-refractivity contribution in [3.63, 3.8) is 0 Å². The topological polar surface area (TPSA) is 29.3 Å². The summed E-state index contributed by atoms with van der Waals surface area (Å²) < 4.78 is 13.4. The van der Waals surface area contributed by atoms with Crippen LogP contribution in [-0.2, 0) is 6.54 Å². The van der Waals surface area contributed by atoms with E-state index >= 15 is 0 Å². The van der Waals surface area contributed by atoms with Gasteiger partial charge in [-0.1, -0.05) is 29.8 Å². The Hall–Kier alpha value is -1.58. The lowest BCUT2D eigenvalue weighted by Gasteiger charge is -2.24. The molecular weight excluding hydrogens is 275 g/mol. The van der Waals surface area contributed by atoms with E-state index in [0.717, 1.165) is 21.8 Å².